The average molecular weight is 479 g/mol. The first-order chi connectivity index (χ1) is 15.7. The summed E-state index contributed by atoms with van der Waals surface area (Å²) in [6, 6.07) is 12.7. The van der Waals surface area contributed by atoms with E-state index in [0.29, 0.717) is 23.3 Å². The largest absolute Gasteiger partial charge is 0.483 e. The van der Waals surface area contributed by atoms with Gasteiger partial charge in [-0.1, -0.05) is 43.0 Å². The van der Waals surface area contributed by atoms with Crippen molar-refractivity contribution in [3.05, 3.63) is 65.5 Å². The molecule has 0 bridgehead atoms. The minimum absolute atomic E-state index is 0.113. The Hall–Kier alpha value is -3.01. The molecule has 0 spiro atoms. The van der Waals surface area contributed by atoms with Gasteiger partial charge in [0.25, 0.3) is 0 Å². The van der Waals surface area contributed by atoms with Crippen LogP contribution in [0.4, 0.5) is 18.9 Å². The summed E-state index contributed by atoms with van der Waals surface area (Å²) >= 11 is 1.10. The number of thioether (sulfide) groups is 1. The van der Waals surface area contributed by atoms with Crippen molar-refractivity contribution in [1.82, 2.24) is 14.8 Å². The maximum atomic E-state index is 13.1. The van der Waals surface area contributed by atoms with Crippen LogP contribution in [0.25, 0.3) is 0 Å². The molecule has 10 heteroatoms. The predicted molar refractivity (Wildman–Crippen MR) is 121 cm³/mol. The maximum absolute atomic E-state index is 13.1. The van der Waals surface area contributed by atoms with Gasteiger partial charge >= 0.3 is 6.18 Å². The Morgan fingerprint density at radius 3 is 2.45 bits per heavy atom. The molecule has 0 fully saturated rings. The first kappa shape index (κ1) is 24.6. The lowest BCUT2D eigenvalue weighted by Gasteiger charge is -2.16. The van der Waals surface area contributed by atoms with E-state index in [0.717, 1.165) is 24.2 Å². The molecule has 0 aliphatic carbocycles. The average Bonchev–Trinajstić information content (AvgIpc) is 3.21. The number of benzene rings is 2. The van der Waals surface area contributed by atoms with Crippen LogP contribution in [-0.4, -0.2) is 26.4 Å². The number of carbonyl (C=O) groups excluding carboxylic acids is 1. The van der Waals surface area contributed by atoms with Gasteiger partial charge in [0.15, 0.2) is 17.1 Å². The molecule has 0 saturated carbocycles. The highest BCUT2D eigenvalue weighted by Crippen LogP contribution is 2.34. The number of alkyl halides is 3. The van der Waals surface area contributed by atoms with E-state index in [2.05, 4.69) is 22.4 Å². The molecule has 0 aliphatic rings. The Bertz CT molecular complexity index is 1080. The zero-order valence-corrected chi connectivity index (χ0v) is 19.3. The van der Waals surface area contributed by atoms with Gasteiger partial charge in [0, 0.05) is 6.54 Å². The lowest BCUT2D eigenvalue weighted by molar-refractivity contribution is -0.137. The van der Waals surface area contributed by atoms with E-state index >= 15 is 0 Å². The second kappa shape index (κ2) is 10.7. The number of carbonyl (C=O) groups is 1. The SMILES string of the molecule is CCc1ccc(OC(C)c2nnc(SCC(=O)Nc3ccccc3C(F)(F)F)n2CC)cc1. The van der Waals surface area contributed by atoms with E-state index in [4.69, 9.17) is 4.74 Å². The molecule has 6 nitrogen and oxygen atoms in total. The van der Waals surface area contributed by atoms with Gasteiger partial charge in [-0.2, -0.15) is 13.2 Å². The number of anilines is 1. The molecule has 1 atom stereocenters. The molecule has 176 valence electrons. The molecule has 1 N–H and O–H groups in total. The van der Waals surface area contributed by atoms with E-state index in [-0.39, 0.29) is 17.5 Å². The van der Waals surface area contributed by atoms with Crippen molar-refractivity contribution in [2.45, 2.75) is 51.2 Å². The number of aryl methyl sites for hydroxylation is 1. The number of rotatable bonds is 9. The van der Waals surface area contributed by atoms with Crippen LogP contribution in [0.1, 0.15) is 43.8 Å². The number of aromatic nitrogens is 3. The summed E-state index contributed by atoms with van der Waals surface area (Å²) in [5.41, 5.74) is 0.0474. The normalized spacial score (nSPS) is 12.4. The first-order valence-electron chi connectivity index (χ1n) is 10.5. The molecule has 2 aromatic carbocycles. The van der Waals surface area contributed by atoms with Gasteiger partial charge < -0.3 is 14.6 Å². The highest BCUT2D eigenvalue weighted by atomic mass is 32.2. The van der Waals surface area contributed by atoms with Crippen molar-refractivity contribution in [2.75, 3.05) is 11.1 Å². The van der Waals surface area contributed by atoms with Gasteiger partial charge in [-0.25, -0.2) is 0 Å². The summed E-state index contributed by atoms with van der Waals surface area (Å²) in [4.78, 5) is 12.3. The van der Waals surface area contributed by atoms with Crippen molar-refractivity contribution in [2.24, 2.45) is 0 Å². The Kier molecular flexibility index (Phi) is 8.01. The molecular formula is C23H25F3N4O2S. The Labute approximate surface area is 194 Å². The molecule has 3 aromatic rings. The van der Waals surface area contributed by atoms with Crippen LogP contribution < -0.4 is 10.1 Å². The van der Waals surface area contributed by atoms with E-state index in [1.165, 1.54) is 23.8 Å². The number of nitrogens with one attached hydrogen (secondary N) is 1. The Balaban J connectivity index is 1.65. The first-order valence-corrected chi connectivity index (χ1v) is 11.5. The third-order valence-electron chi connectivity index (χ3n) is 4.91. The summed E-state index contributed by atoms with van der Waals surface area (Å²) in [7, 11) is 0. The summed E-state index contributed by atoms with van der Waals surface area (Å²) in [5.74, 6) is 0.631. The number of para-hydroxylation sites is 1. The fourth-order valence-corrected chi connectivity index (χ4v) is 4.03. The molecule has 0 aliphatic heterocycles. The van der Waals surface area contributed by atoms with Gasteiger partial charge in [0.1, 0.15) is 5.75 Å². The molecule has 0 saturated heterocycles. The minimum Gasteiger partial charge on any atom is -0.483 e. The molecule has 0 radical (unpaired) electrons. The molecule has 1 unspecified atom stereocenters. The molecule has 1 amide bonds. The van der Waals surface area contributed by atoms with Crippen molar-refractivity contribution >= 4 is 23.4 Å². The topological polar surface area (TPSA) is 69.0 Å². The third kappa shape index (κ3) is 6.28. The zero-order chi connectivity index (χ0) is 24.0. The Morgan fingerprint density at radius 2 is 1.82 bits per heavy atom. The van der Waals surface area contributed by atoms with Crippen LogP contribution in [0.2, 0.25) is 0 Å². The quantitative estimate of drug-likeness (QED) is 0.397. The summed E-state index contributed by atoms with van der Waals surface area (Å²) < 4.78 is 47.2. The Morgan fingerprint density at radius 1 is 1.12 bits per heavy atom. The lowest BCUT2D eigenvalue weighted by atomic mass is 10.1. The predicted octanol–water partition coefficient (Wildman–Crippen LogP) is 5.75. The number of ether oxygens (including phenoxy) is 1. The van der Waals surface area contributed by atoms with Gasteiger partial charge in [-0.15, -0.1) is 10.2 Å². The zero-order valence-electron chi connectivity index (χ0n) is 18.5. The summed E-state index contributed by atoms with van der Waals surface area (Å²) in [5, 5.41) is 11.2. The number of hydrogen-bond donors (Lipinski definition) is 1. The van der Waals surface area contributed by atoms with E-state index in [1.54, 1.807) is 0 Å². The van der Waals surface area contributed by atoms with Gasteiger partial charge in [0.05, 0.1) is 17.0 Å². The fraction of sp³-hybridized carbons (Fsp3) is 0.348. The van der Waals surface area contributed by atoms with Gasteiger partial charge in [-0.05, 0) is 50.1 Å². The number of nitrogens with zero attached hydrogens (tertiary/aromatic N) is 3. The highest BCUT2D eigenvalue weighted by molar-refractivity contribution is 7.99. The van der Waals surface area contributed by atoms with Crippen molar-refractivity contribution in [3.8, 4) is 5.75 Å². The number of halogens is 3. The second-order valence-electron chi connectivity index (χ2n) is 7.22. The van der Waals surface area contributed by atoms with Gasteiger partial charge in [-0.3, -0.25) is 4.79 Å². The van der Waals surface area contributed by atoms with Crippen molar-refractivity contribution < 1.29 is 22.7 Å². The molecule has 1 aromatic heterocycles. The molecule has 3 rings (SSSR count). The standard InChI is InChI=1S/C23H25F3N4O2S/c1-4-16-10-12-17(13-11-16)32-15(3)21-28-29-22(30(21)5-2)33-14-20(31)27-19-9-7-6-8-18(19)23(24,25)26/h6-13,15H,4-5,14H2,1-3H3,(H,27,31). The third-order valence-corrected chi connectivity index (χ3v) is 5.88. The second-order valence-corrected chi connectivity index (χ2v) is 8.17. The smallest absolute Gasteiger partial charge is 0.418 e. The lowest BCUT2D eigenvalue weighted by Crippen LogP contribution is -2.18. The number of amides is 1. The number of hydrogen-bond acceptors (Lipinski definition) is 5. The molecular weight excluding hydrogens is 453 g/mol. The maximum Gasteiger partial charge on any atom is 0.418 e. The summed E-state index contributed by atoms with van der Waals surface area (Å²) in [6.45, 7) is 6.40. The minimum atomic E-state index is -4.55. The van der Waals surface area contributed by atoms with Crippen LogP contribution in [0.15, 0.2) is 53.7 Å². The fourth-order valence-electron chi connectivity index (χ4n) is 3.22. The van der Waals surface area contributed by atoms with Crippen LogP contribution >= 0.6 is 11.8 Å². The van der Waals surface area contributed by atoms with E-state index in [1.807, 2.05) is 42.7 Å². The molecule has 33 heavy (non-hydrogen) atoms. The van der Waals surface area contributed by atoms with E-state index < -0.39 is 17.6 Å². The van der Waals surface area contributed by atoms with Gasteiger partial charge in [0.2, 0.25) is 5.91 Å². The van der Waals surface area contributed by atoms with E-state index in [9.17, 15) is 18.0 Å². The molecule has 1 heterocycles. The summed E-state index contributed by atoms with van der Waals surface area (Å²) in [6.07, 6.45) is -4.00. The highest BCUT2D eigenvalue weighted by Gasteiger charge is 2.33. The van der Waals surface area contributed by atoms with Crippen LogP contribution in [-0.2, 0) is 23.9 Å². The van der Waals surface area contributed by atoms with Crippen LogP contribution in [0.5, 0.6) is 5.75 Å². The monoisotopic (exact) mass is 478 g/mol. The van der Waals surface area contributed by atoms with Crippen LogP contribution in [0, 0.1) is 0 Å². The van der Waals surface area contributed by atoms with Crippen molar-refractivity contribution in [3.63, 3.8) is 0 Å². The van der Waals surface area contributed by atoms with Crippen LogP contribution in [0.3, 0.4) is 0 Å². The van der Waals surface area contributed by atoms with Crippen molar-refractivity contribution in [1.29, 1.82) is 0 Å².